The molecule has 43 heavy (non-hydrogen) atoms. The van der Waals surface area contributed by atoms with E-state index < -0.39 is 47.4 Å². The highest BCUT2D eigenvalue weighted by Crippen LogP contribution is 2.41. The van der Waals surface area contributed by atoms with E-state index in [0.717, 1.165) is 16.2 Å². The predicted molar refractivity (Wildman–Crippen MR) is 159 cm³/mol. The number of esters is 1. The highest BCUT2D eigenvalue weighted by molar-refractivity contribution is 8.01. The topological polar surface area (TPSA) is 217 Å². The number of thioether (sulfide) groups is 2. The van der Waals surface area contributed by atoms with Crippen LogP contribution in [0.3, 0.4) is 0 Å². The Morgan fingerprint density at radius 2 is 2.12 bits per heavy atom. The van der Waals surface area contributed by atoms with Crippen molar-refractivity contribution in [2.24, 2.45) is 5.16 Å². The normalized spacial score (nSPS) is 18.1. The van der Waals surface area contributed by atoms with Crippen molar-refractivity contribution in [3.8, 4) is 12.3 Å². The number of nitrogen functional groups attached to an aromatic ring is 1. The first kappa shape index (κ1) is 33.6. The third-order valence-electron chi connectivity index (χ3n) is 5.39. The number of carboxylic acids is 1. The molecule has 0 bridgehead atoms. The third-order valence-corrected chi connectivity index (χ3v) is 8.45. The number of carbonyl (C=O) groups excluding carboxylic acids is 3. The second-order valence-corrected chi connectivity index (χ2v) is 12.5. The summed E-state index contributed by atoms with van der Waals surface area (Å²) in [6, 6.07) is -1.05. The number of terminal acetylenes is 1. The lowest BCUT2D eigenvalue weighted by atomic mass is 10.0. The van der Waals surface area contributed by atoms with E-state index >= 15 is 0 Å². The molecule has 4 heterocycles. The number of anilines is 1. The summed E-state index contributed by atoms with van der Waals surface area (Å²) in [6.45, 7) is 4.63. The Kier molecular flexibility index (Phi) is 11.0. The first-order valence-corrected chi connectivity index (χ1v) is 15.0. The lowest BCUT2D eigenvalue weighted by Gasteiger charge is -2.49. The molecule has 2 aromatic heterocycles. The van der Waals surface area contributed by atoms with Crippen LogP contribution in [0.15, 0.2) is 27.0 Å². The van der Waals surface area contributed by atoms with E-state index in [1.807, 2.05) is 0 Å². The van der Waals surface area contributed by atoms with Crippen LogP contribution in [-0.4, -0.2) is 99.8 Å². The first-order chi connectivity index (χ1) is 19.9. The van der Waals surface area contributed by atoms with Crippen molar-refractivity contribution in [2.75, 3.05) is 23.8 Å². The summed E-state index contributed by atoms with van der Waals surface area (Å²) in [4.78, 5) is 60.8. The highest BCUT2D eigenvalue weighted by Gasteiger charge is 2.54. The van der Waals surface area contributed by atoms with Gasteiger partial charge in [-0.2, -0.15) is 0 Å². The molecule has 0 radical (unpaired) electrons. The largest absolute Gasteiger partial charge is 0.477 e. The number of aromatic nitrogens is 5. The quantitative estimate of drug-likeness (QED) is 0.0734. The van der Waals surface area contributed by atoms with Crippen molar-refractivity contribution < 1.29 is 33.9 Å². The SMILES string of the molecule is C#CCn1nnnc1SCC1=C(C(=O)O)N2C(=O)C(NC(=O)C(=NOCC(=O)OC(C)(C)C)c3csc(N)n3)[C@@H]2SC1.Cl. The van der Waals surface area contributed by atoms with Crippen LogP contribution in [0.25, 0.3) is 0 Å². The van der Waals surface area contributed by atoms with Gasteiger partial charge in [-0.1, -0.05) is 22.8 Å². The van der Waals surface area contributed by atoms with Crippen LogP contribution >= 0.6 is 47.3 Å². The Morgan fingerprint density at radius 3 is 2.74 bits per heavy atom. The molecule has 4 N–H and O–H groups in total. The highest BCUT2D eigenvalue weighted by atomic mass is 35.5. The predicted octanol–water partition coefficient (Wildman–Crippen LogP) is 0.360. The van der Waals surface area contributed by atoms with E-state index in [-0.39, 0.29) is 52.7 Å². The Hall–Kier alpha value is -3.86. The molecular formula is C23H26ClN9O7S3. The molecule has 1 unspecified atom stereocenters. The zero-order chi connectivity index (χ0) is 30.6. The monoisotopic (exact) mass is 671 g/mol. The molecule has 1 fully saturated rings. The Labute approximate surface area is 263 Å². The van der Waals surface area contributed by atoms with E-state index in [2.05, 4.69) is 36.9 Å². The number of thiazole rings is 1. The number of nitrogens with one attached hydrogen (secondary N) is 1. The minimum atomic E-state index is -1.28. The Bertz CT molecular complexity index is 1510. The molecular weight excluding hydrogens is 646 g/mol. The summed E-state index contributed by atoms with van der Waals surface area (Å²) >= 11 is 3.52. The van der Waals surface area contributed by atoms with Crippen LogP contribution in [0.1, 0.15) is 26.5 Å². The van der Waals surface area contributed by atoms with Gasteiger partial charge in [0.2, 0.25) is 11.8 Å². The number of nitrogens with two attached hydrogens (primary N) is 1. The number of oxime groups is 1. The van der Waals surface area contributed by atoms with Gasteiger partial charge in [-0.3, -0.25) is 14.5 Å². The maximum atomic E-state index is 13.2. The number of aliphatic carboxylic acids is 1. The molecule has 230 valence electrons. The number of carbonyl (C=O) groups is 4. The molecule has 0 saturated carbocycles. The van der Waals surface area contributed by atoms with Gasteiger partial charge in [0.25, 0.3) is 11.8 Å². The van der Waals surface area contributed by atoms with Gasteiger partial charge in [0.15, 0.2) is 10.8 Å². The second kappa shape index (κ2) is 14.1. The molecule has 0 aliphatic carbocycles. The molecule has 16 nitrogen and oxygen atoms in total. The van der Waals surface area contributed by atoms with Gasteiger partial charge in [-0.25, -0.2) is 19.3 Å². The fraction of sp³-hybridized carbons (Fsp3) is 0.435. The Balaban J connectivity index is 0.00000506. The molecule has 2 aromatic rings. The number of tetrazole rings is 1. The minimum Gasteiger partial charge on any atom is -0.477 e. The molecule has 0 aromatic carbocycles. The smallest absolute Gasteiger partial charge is 0.352 e. The number of halogens is 1. The Morgan fingerprint density at radius 1 is 1.37 bits per heavy atom. The maximum absolute atomic E-state index is 13.2. The lowest BCUT2D eigenvalue weighted by Crippen LogP contribution is -2.71. The number of nitrogens with zero attached hydrogens (tertiary/aromatic N) is 7. The fourth-order valence-corrected chi connectivity index (χ4v) is 6.67. The van der Waals surface area contributed by atoms with Gasteiger partial charge in [-0.15, -0.1) is 47.0 Å². The molecule has 2 amide bonds. The number of β-lactam (4-membered cyclic amide) rings is 1. The van der Waals surface area contributed by atoms with Gasteiger partial charge in [0, 0.05) is 16.9 Å². The molecule has 4 rings (SSSR count). The number of ether oxygens (including phenoxy) is 1. The standard InChI is InChI=1S/C23H25N9O7S3.ClH/c1-5-6-31-22(27-29-30-31)42-9-11-8-40-19-15(18(35)32(19)16(11)20(36)37)26-17(34)14(12-10-41-21(24)25-12)28-38-7-13(33)39-23(2,3)4;/h1,10,15,19H,6-9H2,2-4H3,(H2,24,25)(H,26,34)(H,36,37);1H/t15?,19-;/m0./s1. The van der Waals surface area contributed by atoms with Gasteiger partial charge in [-0.05, 0) is 36.8 Å². The van der Waals surface area contributed by atoms with Gasteiger partial charge in [0.05, 0.1) is 0 Å². The van der Waals surface area contributed by atoms with Crippen LogP contribution in [-0.2, 0) is 35.3 Å². The van der Waals surface area contributed by atoms with Gasteiger partial charge >= 0.3 is 11.9 Å². The van der Waals surface area contributed by atoms with Crippen molar-refractivity contribution in [3.05, 3.63) is 22.3 Å². The first-order valence-electron chi connectivity index (χ1n) is 12.1. The van der Waals surface area contributed by atoms with Crippen LogP contribution < -0.4 is 11.1 Å². The number of carboxylic acid groups (broad SMARTS) is 1. The summed E-state index contributed by atoms with van der Waals surface area (Å²) in [5.74, 6) is -0.539. The minimum absolute atomic E-state index is 0. The van der Waals surface area contributed by atoms with Crippen LogP contribution in [0.5, 0.6) is 0 Å². The summed E-state index contributed by atoms with van der Waals surface area (Å²) in [5, 5.41) is 28.9. The molecule has 2 aliphatic heterocycles. The van der Waals surface area contributed by atoms with E-state index in [1.54, 1.807) is 20.8 Å². The number of rotatable bonds is 11. The van der Waals surface area contributed by atoms with Gasteiger partial charge in [0.1, 0.15) is 35.0 Å². The summed E-state index contributed by atoms with van der Waals surface area (Å²) in [6.07, 6.45) is 5.32. The van der Waals surface area contributed by atoms with E-state index in [4.69, 9.17) is 21.7 Å². The van der Waals surface area contributed by atoms with Crippen LogP contribution in [0.2, 0.25) is 0 Å². The van der Waals surface area contributed by atoms with Crippen LogP contribution in [0.4, 0.5) is 5.13 Å². The van der Waals surface area contributed by atoms with E-state index in [9.17, 15) is 24.3 Å². The zero-order valence-electron chi connectivity index (χ0n) is 22.9. The average Bonchev–Trinajstić information content (AvgIpc) is 3.55. The molecule has 2 atom stereocenters. The van der Waals surface area contributed by atoms with E-state index in [1.165, 1.54) is 33.6 Å². The van der Waals surface area contributed by atoms with Crippen molar-refractivity contribution in [3.63, 3.8) is 0 Å². The summed E-state index contributed by atoms with van der Waals surface area (Å²) in [7, 11) is 0. The number of hydrogen-bond acceptors (Lipinski definition) is 15. The van der Waals surface area contributed by atoms with Crippen molar-refractivity contribution in [1.82, 2.24) is 35.4 Å². The molecule has 1 saturated heterocycles. The average molecular weight is 672 g/mol. The summed E-state index contributed by atoms with van der Waals surface area (Å²) in [5.41, 5.74) is 5.02. The van der Waals surface area contributed by atoms with E-state index in [0.29, 0.717) is 10.7 Å². The van der Waals surface area contributed by atoms with Crippen molar-refractivity contribution >= 4 is 81.9 Å². The fourth-order valence-electron chi connectivity index (χ4n) is 3.76. The number of amides is 2. The summed E-state index contributed by atoms with van der Waals surface area (Å²) < 4.78 is 6.55. The van der Waals surface area contributed by atoms with Crippen LogP contribution in [0, 0.1) is 12.3 Å². The number of fused-ring (bicyclic) bond motifs is 1. The zero-order valence-corrected chi connectivity index (χ0v) is 26.1. The van der Waals surface area contributed by atoms with Crippen molar-refractivity contribution in [2.45, 2.75) is 49.5 Å². The number of hydrogen-bond donors (Lipinski definition) is 3. The molecule has 2 aliphatic rings. The van der Waals surface area contributed by atoms with Gasteiger partial charge < -0.3 is 25.7 Å². The second-order valence-electron chi connectivity index (χ2n) is 9.60. The lowest BCUT2D eigenvalue weighted by molar-refractivity contribution is -0.160. The maximum Gasteiger partial charge on any atom is 0.352 e. The third kappa shape index (κ3) is 7.95. The molecule has 20 heteroatoms. The molecule has 0 spiro atoms. The van der Waals surface area contributed by atoms with Crippen molar-refractivity contribution in [1.29, 1.82) is 0 Å².